The maximum absolute atomic E-state index is 5.44. The minimum absolute atomic E-state index is 0.693. The van der Waals surface area contributed by atoms with Crippen LogP contribution in [0.5, 0.6) is 0 Å². The molecule has 16 heavy (non-hydrogen) atoms. The molecular weight excluding hydrogens is 202 g/mol. The van der Waals surface area contributed by atoms with Gasteiger partial charge < -0.3 is 16.0 Å². The summed E-state index contributed by atoms with van der Waals surface area (Å²) in [6.45, 7) is 6.47. The van der Waals surface area contributed by atoms with Crippen LogP contribution in [-0.2, 0) is 0 Å². The van der Waals surface area contributed by atoms with E-state index in [0.29, 0.717) is 6.54 Å². The smallest absolute Gasteiger partial charge is 0.134 e. The molecular formula is C11H21N5. The van der Waals surface area contributed by atoms with Gasteiger partial charge >= 0.3 is 0 Å². The number of hydrogen-bond donors (Lipinski definition) is 2. The minimum Gasteiger partial charge on any atom is -0.370 e. The highest BCUT2D eigenvalue weighted by molar-refractivity contribution is 5.48. The Hall–Kier alpha value is -1.36. The van der Waals surface area contributed by atoms with Crippen LogP contribution in [-0.4, -0.2) is 36.6 Å². The zero-order valence-electron chi connectivity index (χ0n) is 10.3. The van der Waals surface area contributed by atoms with Crippen molar-refractivity contribution in [3.05, 3.63) is 11.9 Å². The van der Waals surface area contributed by atoms with E-state index in [1.54, 1.807) is 0 Å². The van der Waals surface area contributed by atoms with Crippen LogP contribution in [0.3, 0.4) is 0 Å². The molecule has 0 atom stereocenters. The average Bonchev–Trinajstić information content (AvgIpc) is 2.27. The van der Waals surface area contributed by atoms with Gasteiger partial charge in [0.2, 0.25) is 0 Å². The Labute approximate surface area is 97.1 Å². The molecule has 1 rings (SSSR count). The lowest BCUT2D eigenvalue weighted by Gasteiger charge is -2.17. The number of anilines is 2. The summed E-state index contributed by atoms with van der Waals surface area (Å²) in [5.74, 6) is 2.61. The van der Waals surface area contributed by atoms with E-state index in [4.69, 9.17) is 5.73 Å². The summed E-state index contributed by atoms with van der Waals surface area (Å²) in [5, 5.41) is 3.25. The molecule has 0 aromatic carbocycles. The molecule has 0 unspecified atom stereocenters. The van der Waals surface area contributed by atoms with Crippen LogP contribution in [0.25, 0.3) is 0 Å². The van der Waals surface area contributed by atoms with Gasteiger partial charge in [-0.1, -0.05) is 0 Å². The van der Waals surface area contributed by atoms with Crippen molar-refractivity contribution in [1.82, 2.24) is 9.97 Å². The molecule has 0 saturated heterocycles. The molecule has 0 bridgehead atoms. The van der Waals surface area contributed by atoms with Gasteiger partial charge in [0.15, 0.2) is 0 Å². The molecule has 5 heteroatoms. The maximum Gasteiger partial charge on any atom is 0.134 e. The van der Waals surface area contributed by atoms with Crippen LogP contribution < -0.4 is 16.0 Å². The van der Waals surface area contributed by atoms with Gasteiger partial charge in [0, 0.05) is 26.2 Å². The van der Waals surface area contributed by atoms with Crippen LogP contribution in [0.4, 0.5) is 11.6 Å². The third-order valence-corrected chi connectivity index (χ3v) is 2.38. The average molecular weight is 223 g/mol. The Morgan fingerprint density at radius 2 is 2.19 bits per heavy atom. The lowest BCUT2D eigenvalue weighted by molar-refractivity contribution is 0.862. The summed E-state index contributed by atoms with van der Waals surface area (Å²) >= 11 is 0. The lowest BCUT2D eigenvalue weighted by Crippen LogP contribution is -2.18. The van der Waals surface area contributed by atoms with Crippen LogP contribution in [0.2, 0.25) is 0 Å². The summed E-state index contributed by atoms with van der Waals surface area (Å²) in [4.78, 5) is 10.8. The Balaban J connectivity index is 2.73. The first-order valence-corrected chi connectivity index (χ1v) is 5.68. The van der Waals surface area contributed by atoms with E-state index in [0.717, 1.165) is 37.0 Å². The highest BCUT2D eigenvalue weighted by Gasteiger charge is 2.04. The monoisotopic (exact) mass is 223 g/mol. The molecule has 0 aliphatic rings. The first-order valence-electron chi connectivity index (χ1n) is 5.68. The van der Waals surface area contributed by atoms with Crippen molar-refractivity contribution in [2.24, 2.45) is 5.73 Å². The van der Waals surface area contributed by atoms with Crippen molar-refractivity contribution in [1.29, 1.82) is 0 Å². The van der Waals surface area contributed by atoms with Crippen LogP contribution in [0.1, 0.15) is 19.2 Å². The summed E-state index contributed by atoms with van der Waals surface area (Å²) in [7, 11) is 2.02. The van der Waals surface area contributed by atoms with Gasteiger partial charge in [-0.2, -0.15) is 0 Å². The molecule has 0 aliphatic heterocycles. The van der Waals surface area contributed by atoms with Crippen molar-refractivity contribution in [3.63, 3.8) is 0 Å². The van der Waals surface area contributed by atoms with E-state index in [1.807, 2.05) is 20.0 Å². The molecule has 1 aromatic heterocycles. The van der Waals surface area contributed by atoms with E-state index in [2.05, 4.69) is 27.1 Å². The van der Waals surface area contributed by atoms with Gasteiger partial charge in [-0.15, -0.1) is 0 Å². The zero-order chi connectivity index (χ0) is 12.0. The van der Waals surface area contributed by atoms with E-state index in [9.17, 15) is 0 Å². The Bertz CT molecular complexity index is 326. The molecule has 90 valence electrons. The predicted octanol–water partition coefficient (Wildman–Crippen LogP) is 1.00. The SMILES string of the molecule is CCN(C)c1cc(NCCCN)nc(C)n1. The normalized spacial score (nSPS) is 10.2. The van der Waals surface area contributed by atoms with Gasteiger partial charge in [0.05, 0.1) is 0 Å². The number of rotatable bonds is 6. The second-order valence-corrected chi connectivity index (χ2v) is 3.74. The van der Waals surface area contributed by atoms with Gasteiger partial charge in [-0.3, -0.25) is 0 Å². The minimum atomic E-state index is 0.693. The molecule has 1 aromatic rings. The summed E-state index contributed by atoms with van der Waals surface area (Å²) < 4.78 is 0. The zero-order valence-corrected chi connectivity index (χ0v) is 10.3. The van der Waals surface area contributed by atoms with E-state index in [1.165, 1.54) is 0 Å². The Morgan fingerprint density at radius 1 is 1.44 bits per heavy atom. The highest BCUT2D eigenvalue weighted by atomic mass is 15.2. The first kappa shape index (κ1) is 12.7. The van der Waals surface area contributed by atoms with Crippen molar-refractivity contribution in [3.8, 4) is 0 Å². The lowest BCUT2D eigenvalue weighted by atomic mass is 10.4. The fraction of sp³-hybridized carbons (Fsp3) is 0.636. The molecule has 0 radical (unpaired) electrons. The van der Waals surface area contributed by atoms with Gasteiger partial charge in [0.25, 0.3) is 0 Å². The van der Waals surface area contributed by atoms with Crippen molar-refractivity contribution in [2.75, 3.05) is 36.9 Å². The number of nitrogens with zero attached hydrogens (tertiary/aromatic N) is 3. The predicted molar refractivity (Wildman–Crippen MR) is 67.9 cm³/mol. The molecule has 5 nitrogen and oxygen atoms in total. The third-order valence-electron chi connectivity index (χ3n) is 2.38. The van der Waals surface area contributed by atoms with Crippen LogP contribution in [0.15, 0.2) is 6.07 Å². The van der Waals surface area contributed by atoms with Gasteiger partial charge in [0.1, 0.15) is 17.5 Å². The summed E-state index contributed by atoms with van der Waals surface area (Å²) in [6.07, 6.45) is 0.946. The molecule has 3 N–H and O–H groups in total. The number of hydrogen-bond acceptors (Lipinski definition) is 5. The quantitative estimate of drug-likeness (QED) is 0.704. The van der Waals surface area contributed by atoms with Gasteiger partial charge in [-0.05, 0) is 26.8 Å². The van der Waals surface area contributed by atoms with E-state index >= 15 is 0 Å². The van der Waals surface area contributed by atoms with Crippen molar-refractivity contribution in [2.45, 2.75) is 20.3 Å². The van der Waals surface area contributed by atoms with E-state index in [-0.39, 0.29) is 0 Å². The van der Waals surface area contributed by atoms with Crippen LogP contribution >= 0.6 is 0 Å². The number of nitrogens with one attached hydrogen (secondary N) is 1. The van der Waals surface area contributed by atoms with Gasteiger partial charge in [-0.25, -0.2) is 9.97 Å². The molecule has 0 aliphatic carbocycles. The molecule has 0 spiro atoms. The fourth-order valence-corrected chi connectivity index (χ4v) is 1.32. The molecule has 0 fully saturated rings. The number of aryl methyl sites for hydroxylation is 1. The standard InChI is InChI=1S/C11H21N5/c1-4-16(3)11-8-10(13-7-5-6-12)14-9(2)15-11/h8H,4-7,12H2,1-3H3,(H,13,14,15). The van der Waals surface area contributed by atoms with Crippen molar-refractivity contribution < 1.29 is 0 Å². The summed E-state index contributed by atoms with van der Waals surface area (Å²) in [6, 6.07) is 1.97. The summed E-state index contributed by atoms with van der Waals surface area (Å²) in [5.41, 5.74) is 5.44. The number of aromatic nitrogens is 2. The fourth-order valence-electron chi connectivity index (χ4n) is 1.32. The highest BCUT2D eigenvalue weighted by Crippen LogP contribution is 2.14. The topological polar surface area (TPSA) is 67.1 Å². The maximum atomic E-state index is 5.44. The molecule has 0 amide bonds. The Kier molecular flexibility index (Phi) is 4.98. The number of nitrogens with two attached hydrogens (primary N) is 1. The van der Waals surface area contributed by atoms with Crippen LogP contribution in [0, 0.1) is 6.92 Å². The Morgan fingerprint density at radius 3 is 2.81 bits per heavy atom. The largest absolute Gasteiger partial charge is 0.370 e. The third kappa shape index (κ3) is 3.66. The second kappa shape index (κ2) is 6.27. The second-order valence-electron chi connectivity index (χ2n) is 3.74. The molecule has 1 heterocycles. The molecule has 0 saturated carbocycles. The van der Waals surface area contributed by atoms with E-state index < -0.39 is 0 Å². The van der Waals surface area contributed by atoms with Crippen molar-refractivity contribution >= 4 is 11.6 Å². The first-order chi connectivity index (χ1) is 7.67.